The van der Waals surface area contributed by atoms with Crippen LogP contribution in [0, 0.1) is 0 Å². The average molecular weight is 174 g/mol. The molecule has 72 valence electrons. The molecule has 1 atom stereocenters. The summed E-state index contributed by atoms with van der Waals surface area (Å²) < 4.78 is 0. The van der Waals surface area contributed by atoms with E-state index in [2.05, 4.69) is 10.6 Å². The molecule has 0 spiro atoms. The maximum atomic E-state index is 11.0. The van der Waals surface area contributed by atoms with Crippen molar-refractivity contribution in [3.05, 3.63) is 0 Å². The molecule has 3 N–H and O–H groups in total. The Morgan fingerprint density at radius 1 is 1.58 bits per heavy atom. The standard InChI is InChI=1S/C8H18N2O2/c1-3-7(4-5-11)10-8(12)6-9-2/h7,9,11H,3-6H2,1-2H3,(H,10,12). The molecule has 0 fully saturated rings. The van der Waals surface area contributed by atoms with Crippen LogP contribution in [0.1, 0.15) is 19.8 Å². The Morgan fingerprint density at radius 2 is 2.25 bits per heavy atom. The zero-order chi connectivity index (χ0) is 9.40. The van der Waals surface area contributed by atoms with Crippen molar-refractivity contribution >= 4 is 5.91 Å². The minimum Gasteiger partial charge on any atom is -0.396 e. The Balaban J connectivity index is 3.61. The van der Waals surface area contributed by atoms with Crippen molar-refractivity contribution in [1.82, 2.24) is 10.6 Å². The Hall–Kier alpha value is -0.610. The van der Waals surface area contributed by atoms with Gasteiger partial charge in [0.05, 0.1) is 6.54 Å². The lowest BCUT2D eigenvalue weighted by molar-refractivity contribution is -0.120. The zero-order valence-electron chi connectivity index (χ0n) is 7.76. The van der Waals surface area contributed by atoms with Crippen LogP contribution in [0.3, 0.4) is 0 Å². The predicted octanol–water partition coefficient (Wildman–Crippen LogP) is -0.517. The van der Waals surface area contributed by atoms with E-state index in [0.717, 1.165) is 6.42 Å². The fraction of sp³-hybridized carbons (Fsp3) is 0.875. The molecule has 1 amide bonds. The van der Waals surface area contributed by atoms with Crippen molar-refractivity contribution in [1.29, 1.82) is 0 Å². The Morgan fingerprint density at radius 3 is 2.67 bits per heavy atom. The highest BCUT2D eigenvalue weighted by Gasteiger charge is 2.07. The molecular formula is C8H18N2O2. The first kappa shape index (κ1) is 11.4. The summed E-state index contributed by atoms with van der Waals surface area (Å²) in [5.74, 6) is -0.0159. The van der Waals surface area contributed by atoms with Crippen molar-refractivity contribution in [2.75, 3.05) is 20.2 Å². The summed E-state index contributed by atoms with van der Waals surface area (Å²) in [5.41, 5.74) is 0. The van der Waals surface area contributed by atoms with Gasteiger partial charge in [-0.2, -0.15) is 0 Å². The zero-order valence-corrected chi connectivity index (χ0v) is 7.76. The van der Waals surface area contributed by atoms with Gasteiger partial charge in [0.2, 0.25) is 5.91 Å². The number of likely N-dealkylation sites (N-methyl/N-ethyl adjacent to an activating group) is 1. The first-order valence-corrected chi connectivity index (χ1v) is 4.29. The first-order chi connectivity index (χ1) is 5.74. The SMILES string of the molecule is CCC(CCO)NC(=O)CNC. The second kappa shape index (κ2) is 7.06. The molecular weight excluding hydrogens is 156 g/mol. The monoisotopic (exact) mass is 174 g/mol. The summed E-state index contributed by atoms with van der Waals surface area (Å²) >= 11 is 0. The quantitative estimate of drug-likeness (QED) is 0.508. The van der Waals surface area contributed by atoms with Gasteiger partial charge in [-0.3, -0.25) is 4.79 Å². The minimum absolute atomic E-state index is 0.0159. The van der Waals surface area contributed by atoms with E-state index >= 15 is 0 Å². The van der Waals surface area contributed by atoms with E-state index in [0.29, 0.717) is 13.0 Å². The third kappa shape index (κ3) is 5.09. The number of nitrogens with one attached hydrogen (secondary N) is 2. The van der Waals surface area contributed by atoms with Crippen molar-refractivity contribution < 1.29 is 9.90 Å². The van der Waals surface area contributed by atoms with Crippen LogP contribution < -0.4 is 10.6 Å². The molecule has 0 saturated carbocycles. The van der Waals surface area contributed by atoms with Crippen LogP contribution in [0.4, 0.5) is 0 Å². The van der Waals surface area contributed by atoms with Crippen molar-refractivity contribution in [3.63, 3.8) is 0 Å². The molecule has 0 aromatic carbocycles. The maximum Gasteiger partial charge on any atom is 0.234 e. The molecule has 0 rings (SSSR count). The number of rotatable bonds is 6. The van der Waals surface area contributed by atoms with Crippen molar-refractivity contribution in [2.45, 2.75) is 25.8 Å². The Kier molecular flexibility index (Phi) is 6.70. The van der Waals surface area contributed by atoms with E-state index in [-0.39, 0.29) is 18.6 Å². The van der Waals surface area contributed by atoms with Gasteiger partial charge in [-0.1, -0.05) is 6.92 Å². The maximum absolute atomic E-state index is 11.0. The molecule has 12 heavy (non-hydrogen) atoms. The summed E-state index contributed by atoms with van der Waals surface area (Å²) in [6.07, 6.45) is 1.49. The second-order valence-corrected chi connectivity index (χ2v) is 2.72. The molecule has 0 aromatic rings. The molecule has 0 heterocycles. The fourth-order valence-electron chi connectivity index (χ4n) is 0.973. The minimum atomic E-state index is -0.0159. The summed E-state index contributed by atoms with van der Waals surface area (Å²) in [6, 6.07) is 0.107. The number of amides is 1. The van der Waals surface area contributed by atoms with E-state index in [9.17, 15) is 4.79 Å². The Labute approximate surface area is 73.3 Å². The average Bonchev–Trinajstić information content (AvgIpc) is 2.04. The largest absolute Gasteiger partial charge is 0.396 e. The van der Waals surface area contributed by atoms with Crippen LogP contribution in [0.25, 0.3) is 0 Å². The molecule has 1 unspecified atom stereocenters. The van der Waals surface area contributed by atoms with Gasteiger partial charge >= 0.3 is 0 Å². The molecule has 0 saturated heterocycles. The summed E-state index contributed by atoms with van der Waals surface area (Å²) in [6.45, 7) is 2.44. The van der Waals surface area contributed by atoms with E-state index in [1.54, 1.807) is 7.05 Å². The number of hydrogen-bond acceptors (Lipinski definition) is 3. The van der Waals surface area contributed by atoms with E-state index in [1.807, 2.05) is 6.92 Å². The van der Waals surface area contributed by atoms with Gasteiger partial charge in [0.15, 0.2) is 0 Å². The van der Waals surface area contributed by atoms with Crippen LogP contribution >= 0.6 is 0 Å². The van der Waals surface area contributed by atoms with Gasteiger partial charge in [-0.05, 0) is 19.9 Å². The van der Waals surface area contributed by atoms with Crippen molar-refractivity contribution in [2.24, 2.45) is 0 Å². The third-order valence-corrected chi connectivity index (χ3v) is 1.67. The van der Waals surface area contributed by atoms with E-state index in [1.165, 1.54) is 0 Å². The van der Waals surface area contributed by atoms with Gasteiger partial charge in [0.25, 0.3) is 0 Å². The Bertz CT molecular complexity index is 128. The van der Waals surface area contributed by atoms with E-state index in [4.69, 9.17) is 5.11 Å². The normalized spacial score (nSPS) is 12.6. The lowest BCUT2D eigenvalue weighted by Gasteiger charge is -2.15. The summed E-state index contributed by atoms with van der Waals surface area (Å²) in [5, 5.41) is 14.2. The van der Waals surface area contributed by atoms with Crippen LogP contribution in [-0.4, -0.2) is 37.3 Å². The topological polar surface area (TPSA) is 61.4 Å². The summed E-state index contributed by atoms with van der Waals surface area (Å²) in [4.78, 5) is 11.0. The third-order valence-electron chi connectivity index (χ3n) is 1.67. The highest BCUT2D eigenvalue weighted by Crippen LogP contribution is 1.95. The smallest absolute Gasteiger partial charge is 0.234 e. The predicted molar refractivity (Wildman–Crippen MR) is 47.9 cm³/mol. The van der Waals surface area contributed by atoms with Crippen LogP contribution in [-0.2, 0) is 4.79 Å². The highest BCUT2D eigenvalue weighted by molar-refractivity contribution is 5.78. The van der Waals surface area contributed by atoms with Crippen LogP contribution in [0.5, 0.6) is 0 Å². The fourth-order valence-corrected chi connectivity index (χ4v) is 0.973. The molecule has 0 aliphatic carbocycles. The first-order valence-electron chi connectivity index (χ1n) is 4.29. The van der Waals surface area contributed by atoms with Crippen LogP contribution in [0.15, 0.2) is 0 Å². The molecule has 4 heteroatoms. The summed E-state index contributed by atoms with van der Waals surface area (Å²) in [7, 11) is 1.73. The molecule has 0 aromatic heterocycles. The number of aliphatic hydroxyl groups excluding tert-OH is 1. The second-order valence-electron chi connectivity index (χ2n) is 2.72. The van der Waals surface area contributed by atoms with Gasteiger partial charge in [-0.15, -0.1) is 0 Å². The molecule has 4 nitrogen and oxygen atoms in total. The van der Waals surface area contributed by atoms with Gasteiger partial charge in [0.1, 0.15) is 0 Å². The molecule has 0 aliphatic heterocycles. The van der Waals surface area contributed by atoms with Gasteiger partial charge in [0, 0.05) is 12.6 Å². The van der Waals surface area contributed by atoms with Gasteiger partial charge < -0.3 is 15.7 Å². The molecule has 0 bridgehead atoms. The number of carbonyl (C=O) groups excluding carboxylic acids is 1. The number of carbonyl (C=O) groups is 1. The lowest BCUT2D eigenvalue weighted by Crippen LogP contribution is -2.39. The highest BCUT2D eigenvalue weighted by atomic mass is 16.3. The molecule has 0 aliphatic rings. The number of aliphatic hydroxyl groups is 1. The lowest BCUT2D eigenvalue weighted by atomic mass is 10.1. The van der Waals surface area contributed by atoms with Crippen molar-refractivity contribution in [3.8, 4) is 0 Å². The van der Waals surface area contributed by atoms with Gasteiger partial charge in [-0.25, -0.2) is 0 Å². The van der Waals surface area contributed by atoms with E-state index < -0.39 is 0 Å². The van der Waals surface area contributed by atoms with Crippen LogP contribution in [0.2, 0.25) is 0 Å². The molecule has 0 radical (unpaired) electrons. The number of hydrogen-bond donors (Lipinski definition) is 3.